The molecule has 6 nitrogen and oxygen atoms in total. The topological polar surface area (TPSA) is 84.5 Å². The summed E-state index contributed by atoms with van der Waals surface area (Å²) in [6.07, 6.45) is 2.00. The molecule has 2 aromatic rings. The van der Waals surface area contributed by atoms with Gasteiger partial charge in [-0.1, -0.05) is 35.3 Å². The van der Waals surface area contributed by atoms with Crippen LogP contribution >= 0.6 is 23.2 Å². The van der Waals surface area contributed by atoms with Crippen molar-refractivity contribution < 1.29 is 9.84 Å². The third kappa shape index (κ3) is 4.89. The van der Waals surface area contributed by atoms with Gasteiger partial charge in [0.2, 0.25) is 0 Å². The minimum Gasteiger partial charge on any atom is -0.390 e. The summed E-state index contributed by atoms with van der Waals surface area (Å²) in [5.41, 5.74) is 8.71. The van der Waals surface area contributed by atoms with Crippen molar-refractivity contribution in [1.82, 2.24) is 9.97 Å². The average molecular weight is 453 g/mol. The molecular weight excluding hydrogens is 423 g/mol. The molecule has 1 aliphatic rings. The van der Waals surface area contributed by atoms with Crippen LogP contribution < -0.4 is 10.6 Å². The van der Waals surface area contributed by atoms with Crippen LogP contribution in [0.15, 0.2) is 18.2 Å². The second-order valence-corrected chi connectivity index (χ2v) is 9.02. The van der Waals surface area contributed by atoms with Gasteiger partial charge in [-0.15, -0.1) is 0 Å². The summed E-state index contributed by atoms with van der Waals surface area (Å²) in [5.74, 6) is 0.715. The molecule has 3 N–H and O–H groups in total. The van der Waals surface area contributed by atoms with E-state index in [4.69, 9.17) is 43.6 Å². The van der Waals surface area contributed by atoms with Crippen LogP contribution in [0.4, 0.5) is 5.82 Å². The Hall–Kier alpha value is -1.44. The van der Waals surface area contributed by atoms with Crippen LogP contribution in [0.2, 0.25) is 10.0 Å². The lowest BCUT2D eigenvalue weighted by molar-refractivity contribution is -0.000756. The number of rotatable bonds is 7. The van der Waals surface area contributed by atoms with E-state index < -0.39 is 0 Å². The average Bonchev–Trinajstić information content (AvgIpc) is 2.74. The maximum atomic E-state index is 10.0. The van der Waals surface area contributed by atoms with Crippen molar-refractivity contribution in [3.63, 3.8) is 0 Å². The van der Waals surface area contributed by atoms with Crippen LogP contribution in [0.1, 0.15) is 38.1 Å². The van der Waals surface area contributed by atoms with Crippen LogP contribution in [-0.2, 0) is 11.3 Å². The van der Waals surface area contributed by atoms with E-state index in [9.17, 15) is 5.11 Å². The van der Waals surface area contributed by atoms with Crippen LogP contribution in [0.25, 0.3) is 11.3 Å². The van der Waals surface area contributed by atoms with E-state index in [2.05, 4.69) is 4.90 Å². The van der Waals surface area contributed by atoms with Crippen molar-refractivity contribution in [2.24, 2.45) is 11.1 Å². The summed E-state index contributed by atoms with van der Waals surface area (Å²) >= 11 is 12.6. The summed E-state index contributed by atoms with van der Waals surface area (Å²) in [4.78, 5) is 11.7. The molecule has 1 aliphatic heterocycles. The quantitative estimate of drug-likeness (QED) is 0.653. The minimum absolute atomic E-state index is 0.0170. The predicted octanol–water partition coefficient (Wildman–Crippen LogP) is 4.22. The second-order valence-electron chi connectivity index (χ2n) is 8.24. The second kappa shape index (κ2) is 9.79. The van der Waals surface area contributed by atoms with Gasteiger partial charge in [-0.05, 0) is 39.7 Å². The predicted molar refractivity (Wildman–Crippen MR) is 122 cm³/mol. The molecule has 1 aromatic carbocycles. The summed E-state index contributed by atoms with van der Waals surface area (Å²) in [7, 11) is 0. The molecule has 0 unspecified atom stereocenters. The van der Waals surface area contributed by atoms with E-state index in [1.807, 2.05) is 32.9 Å². The van der Waals surface area contributed by atoms with Crippen molar-refractivity contribution in [3.8, 4) is 11.3 Å². The minimum atomic E-state index is -0.206. The van der Waals surface area contributed by atoms with E-state index in [0.29, 0.717) is 46.0 Å². The monoisotopic (exact) mass is 452 g/mol. The lowest BCUT2D eigenvalue weighted by Crippen LogP contribution is -2.47. The van der Waals surface area contributed by atoms with Gasteiger partial charge in [0.05, 0.1) is 40.8 Å². The van der Waals surface area contributed by atoms with E-state index in [0.717, 1.165) is 31.6 Å². The molecule has 2 heterocycles. The number of aryl methyl sites for hydroxylation is 1. The van der Waals surface area contributed by atoms with Gasteiger partial charge in [-0.2, -0.15) is 0 Å². The van der Waals surface area contributed by atoms with Gasteiger partial charge in [-0.25, -0.2) is 9.97 Å². The summed E-state index contributed by atoms with van der Waals surface area (Å²) in [5, 5.41) is 10.9. The Morgan fingerprint density at radius 3 is 2.53 bits per heavy atom. The molecule has 0 atom stereocenters. The Bertz CT molecular complexity index is 884. The zero-order valence-corrected chi connectivity index (χ0v) is 19.3. The standard InChI is InChI=1S/C22H30Cl2N4O2/c1-14(2)30-13-22(12-25)7-9-28(10-8-22)21-18(11-29)27-20(15(3)26-21)16-5-4-6-17(23)19(16)24/h4-6,14,29H,7-13,25H2,1-3H3. The van der Waals surface area contributed by atoms with Gasteiger partial charge in [0.1, 0.15) is 5.69 Å². The first kappa shape index (κ1) is 23.2. The molecule has 0 saturated carbocycles. The highest BCUT2D eigenvalue weighted by Crippen LogP contribution is 2.37. The van der Waals surface area contributed by atoms with Gasteiger partial charge in [0.25, 0.3) is 0 Å². The molecule has 1 saturated heterocycles. The fraction of sp³-hybridized carbons (Fsp3) is 0.545. The summed E-state index contributed by atoms with van der Waals surface area (Å²) in [6, 6.07) is 5.42. The number of piperidine rings is 1. The Morgan fingerprint density at radius 2 is 1.93 bits per heavy atom. The molecule has 3 rings (SSSR count). The molecular formula is C22H30Cl2N4O2. The normalized spacial score (nSPS) is 16.3. The van der Waals surface area contributed by atoms with Crippen molar-refractivity contribution in [3.05, 3.63) is 39.6 Å². The molecule has 8 heteroatoms. The molecule has 1 aromatic heterocycles. The van der Waals surface area contributed by atoms with Crippen LogP contribution in [0.5, 0.6) is 0 Å². The molecule has 30 heavy (non-hydrogen) atoms. The fourth-order valence-electron chi connectivity index (χ4n) is 3.79. The lowest BCUT2D eigenvalue weighted by atomic mass is 9.79. The Morgan fingerprint density at radius 1 is 1.23 bits per heavy atom. The van der Waals surface area contributed by atoms with Crippen molar-refractivity contribution in [2.45, 2.75) is 46.3 Å². The van der Waals surface area contributed by atoms with Crippen molar-refractivity contribution >= 4 is 29.0 Å². The Balaban J connectivity index is 1.86. The maximum Gasteiger partial charge on any atom is 0.153 e. The number of benzene rings is 1. The summed E-state index contributed by atoms with van der Waals surface area (Å²) in [6.45, 7) is 8.61. The maximum absolute atomic E-state index is 10.0. The third-order valence-electron chi connectivity index (χ3n) is 5.76. The lowest BCUT2D eigenvalue weighted by Gasteiger charge is -2.42. The Kier molecular flexibility index (Phi) is 7.58. The SMILES string of the molecule is Cc1nc(N2CCC(CN)(COC(C)C)CC2)c(CO)nc1-c1cccc(Cl)c1Cl. The van der Waals surface area contributed by atoms with Gasteiger partial charge in [-0.3, -0.25) is 0 Å². The highest BCUT2D eigenvalue weighted by Gasteiger charge is 2.35. The number of nitrogens with two attached hydrogens (primary N) is 1. The molecule has 164 valence electrons. The molecule has 0 aliphatic carbocycles. The highest BCUT2D eigenvalue weighted by molar-refractivity contribution is 6.43. The number of ether oxygens (including phenoxy) is 1. The number of aliphatic hydroxyl groups is 1. The number of anilines is 1. The molecule has 0 spiro atoms. The molecule has 0 amide bonds. The van der Waals surface area contributed by atoms with Gasteiger partial charge in [0, 0.05) is 30.6 Å². The van der Waals surface area contributed by atoms with E-state index in [1.165, 1.54) is 0 Å². The number of hydrogen-bond donors (Lipinski definition) is 2. The van der Waals surface area contributed by atoms with Gasteiger partial charge in [0.15, 0.2) is 5.82 Å². The van der Waals surface area contributed by atoms with E-state index in [-0.39, 0.29) is 18.1 Å². The smallest absolute Gasteiger partial charge is 0.153 e. The number of hydrogen-bond acceptors (Lipinski definition) is 6. The zero-order valence-electron chi connectivity index (χ0n) is 17.8. The van der Waals surface area contributed by atoms with Crippen molar-refractivity contribution in [1.29, 1.82) is 0 Å². The summed E-state index contributed by atoms with van der Waals surface area (Å²) < 4.78 is 5.88. The largest absolute Gasteiger partial charge is 0.390 e. The third-order valence-corrected chi connectivity index (χ3v) is 6.58. The first-order chi connectivity index (χ1) is 14.3. The number of aromatic nitrogens is 2. The molecule has 0 bridgehead atoms. The first-order valence-corrected chi connectivity index (χ1v) is 11.0. The number of nitrogens with zero attached hydrogens (tertiary/aromatic N) is 3. The first-order valence-electron chi connectivity index (χ1n) is 10.3. The van der Waals surface area contributed by atoms with E-state index >= 15 is 0 Å². The zero-order chi connectivity index (χ0) is 21.9. The molecule has 0 radical (unpaired) electrons. The van der Waals surface area contributed by atoms with Gasteiger partial charge >= 0.3 is 0 Å². The number of aliphatic hydroxyl groups excluding tert-OH is 1. The van der Waals surface area contributed by atoms with Crippen molar-refractivity contribution in [2.75, 3.05) is 31.1 Å². The van der Waals surface area contributed by atoms with E-state index in [1.54, 1.807) is 6.07 Å². The highest BCUT2D eigenvalue weighted by atomic mass is 35.5. The Labute approximate surface area is 188 Å². The molecule has 1 fully saturated rings. The van der Waals surface area contributed by atoms with Crippen LogP contribution in [0, 0.1) is 12.3 Å². The fourth-order valence-corrected chi connectivity index (χ4v) is 4.18. The number of halogens is 2. The van der Waals surface area contributed by atoms with Crippen LogP contribution in [-0.4, -0.2) is 47.4 Å². The van der Waals surface area contributed by atoms with Gasteiger partial charge < -0.3 is 20.5 Å². The van der Waals surface area contributed by atoms with Crippen LogP contribution in [0.3, 0.4) is 0 Å².